The number of halogens is 1. The molecule has 3 atom stereocenters. The minimum Gasteiger partial charge on any atom is -0.377 e. The molecule has 107 heavy (non-hydrogen) atoms. The number of hydrogen-bond acceptors (Lipinski definition) is 21. The number of rotatable bonds is 12. The van der Waals surface area contributed by atoms with Gasteiger partial charge in [-0.15, -0.1) is 0 Å². The van der Waals surface area contributed by atoms with E-state index in [4.69, 9.17) is 50.7 Å². The maximum atomic E-state index is 13.5. The molecule has 3 aliphatic rings. The number of benzene rings is 2. The van der Waals surface area contributed by atoms with Crippen molar-refractivity contribution in [2.45, 2.75) is 105 Å². The van der Waals surface area contributed by atoms with Crippen molar-refractivity contribution in [1.29, 1.82) is 0 Å². The van der Waals surface area contributed by atoms with Gasteiger partial charge < -0.3 is 41.3 Å². The topological polar surface area (TPSA) is 283 Å². The van der Waals surface area contributed by atoms with Crippen LogP contribution in [0.15, 0.2) is 150 Å². The van der Waals surface area contributed by atoms with Gasteiger partial charge in [-0.05, 0) is 123 Å². The third kappa shape index (κ3) is 15.7. The van der Waals surface area contributed by atoms with Crippen LogP contribution < -0.4 is 14.7 Å². The molecule has 16 rings (SSSR count). The summed E-state index contributed by atoms with van der Waals surface area (Å²) in [6.07, 6.45) is 9.90. The van der Waals surface area contributed by atoms with Gasteiger partial charge >= 0.3 is 0 Å². The van der Waals surface area contributed by atoms with Crippen molar-refractivity contribution in [3.8, 4) is 56.7 Å². The quantitative estimate of drug-likeness (QED) is 0.0878. The molecule has 0 radical (unpaired) electrons. The Balaban J connectivity index is 0.000000170. The van der Waals surface area contributed by atoms with Gasteiger partial charge in [-0.3, -0.25) is 9.36 Å². The summed E-state index contributed by atoms with van der Waals surface area (Å²) in [5, 5.41) is 11.8. The number of anilines is 3. The number of hydrogen-bond donors (Lipinski definition) is 1. The zero-order valence-corrected chi connectivity index (χ0v) is 65.7. The fraction of sp³-hybridized carbons (Fsp3) is 0.325. The first kappa shape index (κ1) is 79.9. The Morgan fingerprint density at radius 1 is 0.477 bits per heavy atom. The van der Waals surface area contributed by atoms with E-state index >= 15 is 0 Å². The first-order chi connectivity index (χ1) is 49.5. The molecule has 560 valence electrons. The third-order valence-electron chi connectivity index (χ3n) is 19.1. The first-order valence-corrected chi connectivity index (χ1v) is 37.1. The summed E-state index contributed by atoms with van der Waals surface area (Å²) < 4.78 is 76.6. The van der Waals surface area contributed by atoms with Gasteiger partial charge in [-0.2, -0.15) is 10.2 Å². The van der Waals surface area contributed by atoms with E-state index in [1.165, 1.54) is 14.1 Å². The minimum atomic E-state index is -3.85. The van der Waals surface area contributed by atoms with Crippen molar-refractivity contribution >= 4 is 82.2 Å². The van der Waals surface area contributed by atoms with Crippen molar-refractivity contribution in [3.63, 3.8) is 0 Å². The first-order valence-electron chi connectivity index (χ1n) is 33.9. The van der Waals surface area contributed by atoms with E-state index < -0.39 is 20.0 Å². The molecular formula is C77H89ClN19O7S2W-. The van der Waals surface area contributed by atoms with Crippen LogP contribution in [0.1, 0.15) is 69.5 Å². The Morgan fingerprint density at radius 2 is 0.850 bits per heavy atom. The summed E-state index contributed by atoms with van der Waals surface area (Å²) in [4.78, 5) is 52.6. The average molecular weight is 1680 g/mol. The summed E-state index contributed by atoms with van der Waals surface area (Å²) in [5.41, 5.74) is 13.3. The molecule has 3 aliphatic heterocycles. The normalized spacial score (nSPS) is 16.0. The number of aromatic nitrogens is 16. The van der Waals surface area contributed by atoms with Gasteiger partial charge in [0.05, 0.1) is 90.3 Å². The second-order valence-electron chi connectivity index (χ2n) is 26.1. The zero-order valence-electron chi connectivity index (χ0n) is 60.4. The van der Waals surface area contributed by atoms with E-state index in [0.717, 1.165) is 91.2 Å². The van der Waals surface area contributed by atoms with Crippen LogP contribution in [-0.4, -0.2) is 172 Å². The van der Waals surface area contributed by atoms with Gasteiger partial charge in [0.25, 0.3) is 20.0 Å². The van der Waals surface area contributed by atoms with E-state index in [1.807, 2.05) is 88.5 Å². The van der Waals surface area contributed by atoms with Gasteiger partial charge in [0.1, 0.15) is 28.3 Å². The number of H-pyrrole nitrogens is 1. The maximum absolute atomic E-state index is 13.5. The standard InChI is InChI=1S/C29H31N7O3S.C23H22ClN5O3S.C22H25N7O.2CH4.CH3.W/c1-18-6-8-22(9-7-18)40(37,38)36-13-11-24-23(10-12-30-29(24)36)28-31-25(27-20(3)33-34(5)21(27)4)16-26(32-28)35-14-15-39-17-19(35)2;1-15-3-5-17(6-4-15)33(30,31)29-10-8-19-18(7-9-25-23(19)29)22-26-20(24)13-21(27-22)28-11-12-32-14-16(28)2;1-13-12-30-10-9-29(13)19-11-18(20-14(2)27-28(4)15(20)3)25-22(26-19)17-6-8-24-21-16(17)5-7-23-21;;;;/h6-13,16,19H,14-15,17H2,1-5H3;3-10,13,16H,11-12,14H2,1-2H3;5-8,11,13H,9-10,12H2,1-4H3,(H,23,24);2*1H4;1H3;/q;;;;;-1;/t19-;16-;13-;;;;/m111..../s1. The van der Waals surface area contributed by atoms with E-state index in [0.29, 0.717) is 114 Å². The number of aromatic amines is 1. The molecule has 30 heteroatoms. The fourth-order valence-corrected chi connectivity index (χ4v) is 16.2. The van der Waals surface area contributed by atoms with E-state index in [2.05, 4.69) is 83.6 Å². The van der Waals surface area contributed by atoms with Crippen molar-refractivity contribution in [2.75, 3.05) is 74.0 Å². The predicted molar refractivity (Wildman–Crippen MR) is 417 cm³/mol. The molecule has 2 aromatic carbocycles. The molecule has 1 N–H and O–H groups in total. The predicted octanol–water partition coefficient (Wildman–Crippen LogP) is 13.2. The number of pyridine rings is 3. The van der Waals surface area contributed by atoms with E-state index in [9.17, 15) is 16.8 Å². The van der Waals surface area contributed by atoms with Crippen LogP contribution in [0.3, 0.4) is 0 Å². The molecule has 14 heterocycles. The SMILES string of the molecule is C.C.Cc1ccc(S(=O)(=O)n2ccc3c(-c4nc(-c5c(C)nn(C)c5C)cc(N5CCOC[C@H]5C)n4)ccnc32)cc1.Cc1ccc(S(=O)(=O)n2ccc3c(-c4nc(Cl)cc(N5CCOC[C@H]5C)n4)ccnc32)cc1.Cc1nn(C)c(C)c1-c1cc(N2CCOC[C@H]2C)nc(-c2ccnc3[nH]ccc23)n1.[CH3-].[W]. The molecule has 0 bridgehead atoms. The molecule has 3 saturated heterocycles. The van der Waals surface area contributed by atoms with E-state index in [-0.39, 0.29) is 71.3 Å². The Labute approximate surface area is 644 Å². The molecule has 0 amide bonds. The summed E-state index contributed by atoms with van der Waals surface area (Å²) in [6.45, 7) is 24.3. The van der Waals surface area contributed by atoms with Crippen LogP contribution in [0.5, 0.6) is 0 Å². The van der Waals surface area contributed by atoms with Crippen LogP contribution in [0.25, 0.3) is 89.8 Å². The zero-order chi connectivity index (χ0) is 72.2. The summed E-state index contributed by atoms with van der Waals surface area (Å²) in [6, 6.07) is 30.9. The second-order valence-corrected chi connectivity index (χ2v) is 30.1. The van der Waals surface area contributed by atoms with Gasteiger partial charge in [0, 0.05) is 166 Å². The number of morpholine rings is 3. The van der Waals surface area contributed by atoms with Crippen molar-refractivity contribution in [3.05, 3.63) is 187 Å². The van der Waals surface area contributed by atoms with Gasteiger partial charge in [-0.1, -0.05) is 61.8 Å². The molecule has 3 fully saturated rings. The molecule has 13 aromatic rings. The molecular weight excluding hydrogens is 1590 g/mol. The molecule has 0 saturated carbocycles. The number of fused-ring (bicyclic) bond motifs is 3. The van der Waals surface area contributed by atoms with Crippen LogP contribution in [0, 0.1) is 49.0 Å². The monoisotopic (exact) mass is 1670 g/mol. The van der Waals surface area contributed by atoms with Crippen molar-refractivity contribution in [1.82, 2.24) is 77.3 Å². The van der Waals surface area contributed by atoms with E-state index in [1.54, 1.807) is 97.6 Å². The van der Waals surface area contributed by atoms with Crippen molar-refractivity contribution in [2.24, 2.45) is 14.1 Å². The van der Waals surface area contributed by atoms with Gasteiger partial charge in [0.2, 0.25) is 0 Å². The van der Waals surface area contributed by atoms with Crippen molar-refractivity contribution < 1.29 is 52.1 Å². The van der Waals surface area contributed by atoms with Gasteiger partial charge in [-0.25, -0.2) is 69.6 Å². The largest absolute Gasteiger partial charge is 0.377 e. The Hall–Kier alpha value is -9.67. The summed E-state index contributed by atoms with van der Waals surface area (Å²) in [5.74, 6) is 4.00. The molecule has 0 unspecified atom stereocenters. The maximum Gasteiger partial charge on any atom is 0.269 e. The second kappa shape index (κ2) is 32.8. The number of nitrogens with zero attached hydrogens (tertiary/aromatic N) is 18. The summed E-state index contributed by atoms with van der Waals surface area (Å²) in [7, 11) is -3.78. The van der Waals surface area contributed by atoms with Crippen LogP contribution in [0.2, 0.25) is 5.15 Å². The number of aryl methyl sites for hydroxylation is 6. The van der Waals surface area contributed by atoms with Crippen LogP contribution >= 0.6 is 11.6 Å². The molecule has 0 aliphatic carbocycles. The van der Waals surface area contributed by atoms with Gasteiger partial charge in [0.15, 0.2) is 28.8 Å². The van der Waals surface area contributed by atoms with Crippen LogP contribution in [0.4, 0.5) is 17.5 Å². The Kier molecular flexibility index (Phi) is 24.5. The molecule has 0 spiro atoms. The molecule has 11 aromatic heterocycles. The average Bonchev–Trinajstić information content (AvgIpc) is 1.66. The number of nitrogens with one attached hydrogen (secondary N) is 1. The molecule has 26 nitrogen and oxygen atoms in total. The Bertz CT molecular complexity index is 5590. The number of ether oxygens (including phenoxy) is 3. The smallest absolute Gasteiger partial charge is 0.269 e. The third-order valence-corrected chi connectivity index (χ3v) is 22.6. The Morgan fingerprint density at radius 3 is 1.23 bits per heavy atom. The van der Waals surface area contributed by atoms with Crippen LogP contribution in [-0.2, 0) is 69.4 Å². The summed E-state index contributed by atoms with van der Waals surface area (Å²) >= 11 is 6.36. The minimum absolute atomic E-state index is 0. The fourth-order valence-electron chi connectivity index (χ4n) is 13.4.